The van der Waals surface area contributed by atoms with Crippen LogP contribution in [0.3, 0.4) is 0 Å². The molecule has 0 saturated carbocycles. The predicted octanol–water partition coefficient (Wildman–Crippen LogP) is 1.23. The Hall–Kier alpha value is -1.10. The molecule has 3 unspecified atom stereocenters. The minimum absolute atomic E-state index is 0.190. The lowest BCUT2D eigenvalue weighted by Crippen LogP contribution is -2.53. The summed E-state index contributed by atoms with van der Waals surface area (Å²) < 4.78 is 0. The van der Waals surface area contributed by atoms with Crippen LogP contribution in [0.25, 0.3) is 0 Å². The van der Waals surface area contributed by atoms with Gasteiger partial charge in [-0.1, -0.05) is 13.3 Å². The number of piperidine rings is 1. The standard InChI is InChI=1S/C13H24N2O3/c1-4-11-7-5-6-8-15(11)10(3)12(16)14-9(2)13(17)18/h9-11H,4-8H2,1-3H3,(H,14,16)(H,17,18). The summed E-state index contributed by atoms with van der Waals surface area (Å²) in [5, 5.41) is 11.3. The second-order valence-electron chi connectivity index (χ2n) is 5.04. The second-order valence-corrected chi connectivity index (χ2v) is 5.04. The highest BCUT2D eigenvalue weighted by molar-refractivity contribution is 5.86. The number of likely N-dealkylation sites (tertiary alicyclic amines) is 1. The van der Waals surface area contributed by atoms with Gasteiger partial charge in [0.2, 0.25) is 5.91 Å². The summed E-state index contributed by atoms with van der Waals surface area (Å²) in [5.41, 5.74) is 0. The molecular weight excluding hydrogens is 232 g/mol. The van der Waals surface area contributed by atoms with Crippen LogP contribution in [-0.4, -0.2) is 46.6 Å². The number of amides is 1. The number of hydrogen-bond donors (Lipinski definition) is 2. The maximum Gasteiger partial charge on any atom is 0.325 e. The first-order valence-corrected chi connectivity index (χ1v) is 6.76. The van der Waals surface area contributed by atoms with Crippen LogP contribution < -0.4 is 5.32 Å². The van der Waals surface area contributed by atoms with Gasteiger partial charge in [0.15, 0.2) is 0 Å². The summed E-state index contributed by atoms with van der Waals surface area (Å²) in [4.78, 5) is 24.9. The highest BCUT2D eigenvalue weighted by Gasteiger charge is 2.30. The van der Waals surface area contributed by atoms with Gasteiger partial charge < -0.3 is 10.4 Å². The largest absolute Gasteiger partial charge is 0.480 e. The first-order valence-electron chi connectivity index (χ1n) is 6.76. The van der Waals surface area contributed by atoms with Crippen LogP contribution in [0.1, 0.15) is 46.5 Å². The van der Waals surface area contributed by atoms with Crippen LogP contribution in [0.2, 0.25) is 0 Å². The maximum absolute atomic E-state index is 12.0. The Morgan fingerprint density at radius 1 is 1.39 bits per heavy atom. The van der Waals surface area contributed by atoms with Crippen LogP contribution >= 0.6 is 0 Å². The molecule has 0 bridgehead atoms. The first kappa shape index (κ1) is 15.0. The van der Waals surface area contributed by atoms with Crippen molar-refractivity contribution in [3.8, 4) is 0 Å². The number of carboxylic acid groups (broad SMARTS) is 1. The van der Waals surface area contributed by atoms with Crippen LogP contribution in [-0.2, 0) is 9.59 Å². The molecule has 5 nitrogen and oxygen atoms in total. The molecule has 1 fully saturated rings. The molecular formula is C13H24N2O3. The van der Waals surface area contributed by atoms with Crippen molar-refractivity contribution >= 4 is 11.9 Å². The summed E-state index contributed by atoms with van der Waals surface area (Å²) in [5.74, 6) is -1.19. The van der Waals surface area contributed by atoms with Crippen molar-refractivity contribution in [2.45, 2.75) is 64.6 Å². The molecule has 0 aromatic heterocycles. The van der Waals surface area contributed by atoms with Gasteiger partial charge in [-0.15, -0.1) is 0 Å². The van der Waals surface area contributed by atoms with E-state index < -0.39 is 12.0 Å². The van der Waals surface area contributed by atoms with Crippen LogP contribution in [0, 0.1) is 0 Å². The molecule has 1 saturated heterocycles. The van der Waals surface area contributed by atoms with Gasteiger partial charge in [0.05, 0.1) is 6.04 Å². The van der Waals surface area contributed by atoms with E-state index in [1.165, 1.54) is 13.3 Å². The molecule has 1 amide bonds. The number of carboxylic acids is 1. The molecule has 0 spiro atoms. The smallest absolute Gasteiger partial charge is 0.325 e. The lowest BCUT2D eigenvalue weighted by molar-refractivity contribution is -0.142. The highest BCUT2D eigenvalue weighted by atomic mass is 16.4. The molecule has 0 aromatic rings. The normalized spacial score (nSPS) is 24.3. The van der Waals surface area contributed by atoms with Gasteiger partial charge in [-0.3, -0.25) is 14.5 Å². The second kappa shape index (κ2) is 6.73. The Balaban J connectivity index is 2.58. The van der Waals surface area contributed by atoms with E-state index in [0.29, 0.717) is 6.04 Å². The maximum atomic E-state index is 12.0. The van der Waals surface area contributed by atoms with Gasteiger partial charge >= 0.3 is 5.97 Å². The van der Waals surface area contributed by atoms with Gasteiger partial charge in [-0.25, -0.2) is 0 Å². The Kier molecular flexibility index (Phi) is 5.59. The number of carbonyl (C=O) groups excluding carboxylic acids is 1. The minimum Gasteiger partial charge on any atom is -0.480 e. The van der Waals surface area contributed by atoms with E-state index in [1.54, 1.807) is 0 Å². The van der Waals surface area contributed by atoms with Crippen LogP contribution in [0.5, 0.6) is 0 Å². The van der Waals surface area contributed by atoms with Gasteiger partial charge in [-0.05, 0) is 39.7 Å². The number of aliphatic carboxylic acids is 1. The van der Waals surface area contributed by atoms with E-state index in [4.69, 9.17) is 5.11 Å². The van der Waals surface area contributed by atoms with Crippen molar-refractivity contribution in [3.05, 3.63) is 0 Å². The minimum atomic E-state index is -0.999. The SMILES string of the molecule is CCC1CCCCN1C(C)C(=O)NC(C)C(=O)O. The van der Waals surface area contributed by atoms with E-state index >= 15 is 0 Å². The number of carbonyl (C=O) groups is 2. The fourth-order valence-electron chi connectivity index (χ4n) is 2.52. The third-order valence-corrected chi connectivity index (χ3v) is 3.75. The third kappa shape index (κ3) is 3.70. The van der Waals surface area contributed by atoms with Crippen molar-refractivity contribution in [2.75, 3.05) is 6.54 Å². The first-order chi connectivity index (χ1) is 8.47. The molecule has 5 heteroatoms. The predicted molar refractivity (Wildman–Crippen MR) is 69.3 cm³/mol. The lowest BCUT2D eigenvalue weighted by atomic mass is 9.98. The van der Waals surface area contributed by atoms with E-state index in [9.17, 15) is 9.59 Å². The average molecular weight is 256 g/mol. The van der Waals surface area contributed by atoms with E-state index in [-0.39, 0.29) is 11.9 Å². The van der Waals surface area contributed by atoms with Gasteiger partial charge in [0.1, 0.15) is 6.04 Å². The number of rotatable bonds is 5. The van der Waals surface area contributed by atoms with Crippen molar-refractivity contribution in [1.82, 2.24) is 10.2 Å². The van der Waals surface area contributed by atoms with Crippen LogP contribution in [0.15, 0.2) is 0 Å². The van der Waals surface area contributed by atoms with Crippen LogP contribution in [0.4, 0.5) is 0 Å². The molecule has 104 valence electrons. The van der Waals surface area contributed by atoms with Crippen molar-refractivity contribution in [1.29, 1.82) is 0 Å². The zero-order valence-corrected chi connectivity index (χ0v) is 11.5. The molecule has 1 rings (SSSR count). The van der Waals surface area contributed by atoms with E-state index in [0.717, 1.165) is 25.8 Å². The molecule has 1 aliphatic rings. The topological polar surface area (TPSA) is 69.6 Å². The molecule has 0 aliphatic carbocycles. The Morgan fingerprint density at radius 2 is 2.06 bits per heavy atom. The highest BCUT2D eigenvalue weighted by Crippen LogP contribution is 2.21. The Labute approximate surface area is 109 Å². The molecule has 3 atom stereocenters. The van der Waals surface area contributed by atoms with Gasteiger partial charge in [0.25, 0.3) is 0 Å². The van der Waals surface area contributed by atoms with Gasteiger partial charge in [-0.2, -0.15) is 0 Å². The zero-order chi connectivity index (χ0) is 13.7. The van der Waals surface area contributed by atoms with Crippen molar-refractivity contribution in [3.63, 3.8) is 0 Å². The fourth-order valence-corrected chi connectivity index (χ4v) is 2.52. The molecule has 1 heterocycles. The van der Waals surface area contributed by atoms with Gasteiger partial charge in [0, 0.05) is 6.04 Å². The van der Waals surface area contributed by atoms with E-state index in [1.807, 2.05) is 6.92 Å². The molecule has 18 heavy (non-hydrogen) atoms. The quantitative estimate of drug-likeness (QED) is 0.776. The molecule has 1 aliphatic heterocycles. The number of nitrogens with zero attached hydrogens (tertiary/aromatic N) is 1. The Morgan fingerprint density at radius 3 is 2.61 bits per heavy atom. The summed E-state index contributed by atoms with van der Waals surface area (Å²) in [7, 11) is 0. The van der Waals surface area contributed by atoms with E-state index in [2.05, 4.69) is 17.1 Å². The summed E-state index contributed by atoms with van der Waals surface area (Å²) in [6.07, 6.45) is 4.49. The zero-order valence-electron chi connectivity index (χ0n) is 11.5. The number of nitrogens with one attached hydrogen (secondary N) is 1. The monoisotopic (exact) mass is 256 g/mol. The third-order valence-electron chi connectivity index (χ3n) is 3.75. The summed E-state index contributed by atoms with van der Waals surface area (Å²) >= 11 is 0. The summed E-state index contributed by atoms with van der Waals surface area (Å²) in [6, 6.07) is -0.637. The molecule has 0 radical (unpaired) electrons. The fraction of sp³-hybridized carbons (Fsp3) is 0.846. The average Bonchev–Trinajstić information content (AvgIpc) is 2.37. The Bertz CT molecular complexity index is 307. The molecule has 0 aromatic carbocycles. The van der Waals surface area contributed by atoms with Crippen molar-refractivity contribution < 1.29 is 14.7 Å². The van der Waals surface area contributed by atoms with Crippen molar-refractivity contribution in [2.24, 2.45) is 0 Å². The summed E-state index contributed by atoms with van der Waals surface area (Å²) in [6.45, 7) is 6.40. The lowest BCUT2D eigenvalue weighted by Gasteiger charge is -2.38. The molecule has 2 N–H and O–H groups in total. The number of hydrogen-bond acceptors (Lipinski definition) is 3.